The van der Waals surface area contributed by atoms with Crippen molar-refractivity contribution in [1.29, 1.82) is 0 Å². The smallest absolute Gasteiger partial charge is 0.264 e. The van der Waals surface area contributed by atoms with Crippen LogP contribution in [0.1, 0.15) is 18.9 Å². The van der Waals surface area contributed by atoms with Crippen molar-refractivity contribution >= 4 is 29.1 Å². The van der Waals surface area contributed by atoms with Gasteiger partial charge in [-0.15, -0.1) is 0 Å². The van der Waals surface area contributed by atoms with E-state index < -0.39 is 12.1 Å². The summed E-state index contributed by atoms with van der Waals surface area (Å²) in [6, 6.07) is 6.54. The maximum atomic E-state index is 12.3. The molecule has 0 aromatic heterocycles. The van der Waals surface area contributed by atoms with E-state index in [1.165, 1.54) is 4.90 Å². The number of nitrogens with one attached hydrogen (secondary N) is 3. The summed E-state index contributed by atoms with van der Waals surface area (Å²) in [5, 5.41) is 10.1. The quantitative estimate of drug-likeness (QED) is 0.613. The van der Waals surface area contributed by atoms with Crippen LogP contribution in [0.3, 0.4) is 0 Å². The summed E-state index contributed by atoms with van der Waals surface area (Å²) < 4.78 is 0. The van der Waals surface area contributed by atoms with Crippen molar-refractivity contribution in [2.45, 2.75) is 25.5 Å². The molecule has 0 bridgehead atoms. The van der Waals surface area contributed by atoms with E-state index in [0.29, 0.717) is 23.7 Å². The van der Waals surface area contributed by atoms with E-state index in [1.807, 2.05) is 26.2 Å². The maximum absolute atomic E-state index is 12.3. The van der Waals surface area contributed by atoms with Crippen molar-refractivity contribution < 1.29 is 19.3 Å². The minimum Gasteiger partial charge on any atom is -0.382 e. The molecular formula is C17H24ClN4O3+. The second-order valence-corrected chi connectivity index (χ2v) is 6.76. The second kappa shape index (κ2) is 8.82. The summed E-state index contributed by atoms with van der Waals surface area (Å²) >= 11 is 5.86. The Morgan fingerprint density at radius 1 is 1.36 bits per heavy atom. The number of hydrogen-bond acceptors (Lipinski definition) is 4. The number of rotatable bonds is 7. The Morgan fingerprint density at radius 2 is 2.04 bits per heavy atom. The SMILES string of the molecule is C[C@@H](NC(=O)[C@@H]1CC(c2ccc(Cl)cc2)=NO1)C(=O)NCC[NH+](C)C. The zero-order valence-electron chi connectivity index (χ0n) is 14.6. The molecule has 0 spiro atoms. The number of likely N-dealkylation sites (N-methyl/N-ethyl adjacent to an activating group) is 1. The van der Waals surface area contributed by atoms with Crippen LogP contribution < -0.4 is 15.5 Å². The molecule has 1 aromatic carbocycles. The molecule has 1 aliphatic heterocycles. The van der Waals surface area contributed by atoms with Gasteiger partial charge in [-0.25, -0.2) is 0 Å². The predicted molar refractivity (Wildman–Crippen MR) is 95.8 cm³/mol. The van der Waals surface area contributed by atoms with E-state index >= 15 is 0 Å². The number of hydrogen-bond donors (Lipinski definition) is 3. The van der Waals surface area contributed by atoms with Crippen LogP contribution in [0.2, 0.25) is 5.02 Å². The lowest BCUT2D eigenvalue weighted by Gasteiger charge is -2.16. The lowest BCUT2D eigenvalue weighted by atomic mass is 10.0. The van der Waals surface area contributed by atoms with E-state index in [9.17, 15) is 9.59 Å². The van der Waals surface area contributed by atoms with Gasteiger partial charge in [0.05, 0.1) is 32.9 Å². The van der Waals surface area contributed by atoms with Gasteiger partial charge in [0.25, 0.3) is 5.91 Å². The number of carbonyl (C=O) groups is 2. The Bertz CT molecular complexity index is 646. The van der Waals surface area contributed by atoms with Gasteiger partial charge < -0.3 is 20.4 Å². The highest BCUT2D eigenvalue weighted by Gasteiger charge is 2.30. The van der Waals surface area contributed by atoms with Crippen LogP contribution in [0.15, 0.2) is 29.4 Å². The van der Waals surface area contributed by atoms with Gasteiger partial charge in [0.15, 0.2) is 0 Å². The molecule has 0 saturated heterocycles. The van der Waals surface area contributed by atoms with E-state index in [4.69, 9.17) is 16.4 Å². The van der Waals surface area contributed by atoms with Crippen LogP contribution >= 0.6 is 11.6 Å². The fraction of sp³-hybridized carbons (Fsp3) is 0.471. The number of halogens is 1. The van der Waals surface area contributed by atoms with Gasteiger partial charge in [0, 0.05) is 11.4 Å². The molecule has 25 heavy (non-hydrogen) atoms. The van der Waals surface area contributed by atoms with Crippen molar-refractivity contribution in [3.05, 3.63) is 34.9 Å². The van der Waals surface area contributed by atoms with Crippen LogP contribution in [-0.4, -0.2) is 56.9 Å². The molecule has 0 unspecified atom stereocenters. The van der Waals surface area contributed by atoms with Crippen LogP contribution in [-0.2, 0) is 14.4 Å². The Morgan fingerprint density at radius 3 is 2.68 bits per heavy atom. The summed E-state index contributed by atoms with van der Waals surface area (Å²) in [6.45, 7) is 3.02. The minimum atomic E-state index is -0.729. The Balaban J connectivity index is 1.80. The van der Waals surface area contributed by atoms with Crippen molar-refractivity contribution in [2.24, 2.45) is 5.16 Å². The molecule has 0 aliphatic carbocycles. The first-order valence-electron chi connectivity index (χ1n) is 8.22. The number of amides is 2. The molecule has 1 aromatic rings. The van der Waals surface area contributed by atoms with Gasteiger partial charge in [-0.2, -0.15) is 0 Å². The van der Waals surface area contributed by atoms with Gasteiger partial charge in [-0.3, -0.25) is 9.59 Å². The Kier molecular flexibility index (Phi) is 6.78. The lowest BCUT2D eigenvalue weighted by molar-refractivity contribution is -0.856. The Hall–Kier alpha value is -2.12. The molecule has 7 nitrogen and oxygen atoms in total. The highest BCUT2D eigenvalue weighted by Crippen LogP contribution is 2.18. The van der Waals surface area contributed by atoms with Crippen LogP contribution in [0.5, 0.6) is 0 Å². The third kappa shape index (κ3) is 5.72. The zero-order chi connectivity index (χ0) is 18.4. The molecule has 2 amide bonds. The third-order valence-corrected chi connectivity index (χ3v) is 4.07. The third-order valence-electron chi connectivity index (χ3n) is 3.82. The van der Waals surface area contributed by atoms with Gasteiger partial charge in [-0.05, 0) is 24.6 Å². The highest BCUT2D eigenvalue weighted by atomic mass is 35.5. The molecule has 1 aliphatic rings. The van der Waals surface area contributed by atoms with E-state index in [0.717, 1.165) is 12.1 Å². The summed E-state index contributed by atoms with van der Waals surface area (Å²) in [5.41, 5.74) is 1.54. The van der Waals surface area contributed by atoms with Crippen LogP contribution in [0.25, 0.3) is 0 Å². The fourth-order valence-corrected chi connectivity index (χ4v) is 2.42. The first-order valence-corrected chi connectivity index (χ1v) is 8.60. The molecule has 8 heteroatoms. The van der Waals surface area contributed by atoms with Gasteiger partial charge >= 0.3 is 0 Å². The van der Waals surface area contributed by atoms with Crippen molar-refractivity contribution in [3.8, 4) is 0 Å². The predicted octanol–water partition coefficient (Wildman–Crippen LogP) is -0.402. The minimum absolute atomic E-state index is 0.216. The normalized spacial score (nSPS) is 17.6. The average molecular weight is 368 g/mol. The first kappa shape index (κ1) is 19.2. The van der Waals surface area contributed by atoms with E-state index in [2.05, 4.69) is 15.8 Å². The number of nitrogens with zero attached hydrogens (tertiary/aromatic N) is 1. The fourth-order valence-electron chi connectivity index (χ4n) is 2.29. The molecule has 2 rings (SSSR count). The standard InChI is InChI=1S/C17H23ClN4O3/c1-11(16(23)19-8-9-22(2)3)20-17(24)15-10-14(21-25-15)12-4-6-13(18)7-5-12/h4-7,11,15H,8-10H2,1-3H3,(H,19,23)(H,20,24)/p+1/t11-,15+/m1/s1. The topological polar surface area (TPSA) is 84.2 Å². The lowest BCUT2D eigenvalue weighted by Crippen LogP contribution is -3.06. The van der Waals surface area contributed by atoms with Crippen LogP contribution in [0, 0.1) is 0 Å². The van der Waals surface area contributed by atoms with E-state index in [-0.39, 0.29) is 11.8 Å². The largest absolute Gasteiger partial charge is 0.382 e. The number of benzene rings is 1. The van der Waals surface area contributed by atoms with Crippen molar-refractivity contribution in [2.75, 3.05) is 27.2 Å². The first-order chi connectivity index (χ1) is 11.9. The molecule has 0 radical (unpaired) electrons. The molecule has 0 fully saturated rings. The molecule has 1 heterocycles. The number of oxime groups is 1. The average Bonchev–Trinajstić information content (AvgIpc) is 3.05. The van der Waals surface area contributed by atoms with Crippen LogP contribution in [0.4, 0.5) is 0 Å². The summed E-state index contributed by atoms with van der Waals surface area (Å²) in [4.78, 5) is 30.7. The van der Waals surface area contributed by atoms with Gasteiger partial charge in [-0.1, -0.05) is 28.9 Å². The number of carbonyl (C=O) groups excluding carboxylic acids is 2. The summed E-state index contributed by atoms with van der Waals surface area (Å²) in [7, 11) is 4.01. The molecular weight excluding hydrogens is 344 g/mol. The Labute approximate surface area is 152 Å². The molecule has 0 saturated carbocycles. The molecule has 136 valence electrons. The monoisotopic (exact) mass is 367 g/mol. The van der Waals surface area contributed by atoms with Gasteiger partial charge in [0.2, 0.25) is 12.0 Å². The molecule has 2 atom stereocenters. The maximum Gasteiger partial charge on any atom is 0.264 e. The highest BCUT2D eigenvalue weighted by molar-refractivity contribution is 6.30. The molecule has 3 N–H and O–H groups in total. The van der Waals surface area contributed by atoms with Crippen molar-refractivity contribution in [3.63, 3.8) is 0 Å². The number of quaternary nitrogens is 1. The zero-order valence-corrected chi connectivity index (χ0v) is 15.4. The second-order valence-electron chi connectivity index (χ2n) is 6.32. The van der Waals surface area contributed by atoms with Gasteiger partial charge in [0.1, 0.15) is 6.04 Å². The van der Waals surface area contributed by atoms with E-state index in [1.54, 1.807) is 19.1 Å². The summed E-state index contributed by atoms with van der Waals surface area (Å²) in [5.74, 6) is -0.569. The van der Waals surface area contributed by atoms with Crippen molar-refractivity contribution in [1.82, 2.24) is 10.6 Å². The summed E-state index contributed by atoms with van der Waals surface area (Å²) in [6.07, 6.45) is -0.377.